The zero-order valence-corrected chi connectivity index (χ0v) is 60.4. The van der Waals surface area contributed by atoms with Crippen LogP contribution in [0.3, 0.4) is 0 Å². The fourth-order valence-corrected chi connectivity index (χ4v) is 15.4. The van der Waals surface area contributed by atoms with Gasteiger partial charge in [0.2, 0.25) is 70.9 Å². The summed E-state index contributed by atoms with van der Waals surface area (Å²) in [6.07, 6.45) is 1.44. The third-order valence-electron chi connectivity index (χ3n) is 22.2. The Hall–Kier alpha value is -7.42. The van der Waals surface area contributed by atoms with Crippen LogP contribution in [-0.4, -0.2) is 250 Å². The molecule has 2 aliphatic carbocycles. The third-order valence-corrected chi connectivity index (χ3v) is 22.2. The summed E-state index contributed by atoms with van der Waals surface area (Å²) in [4.78, 5) is 191. The van der Waals surface area contributed by atoms with Crippen LogP contribution >= 0.6 is 0 Å². The van der Waals surface area contributed by atoms with E-state index in [9.17, 15) is 46.7 Å². The molecule has 4 saturated heterocycles. The lowest BCUT2D eigenvalue weighted by atomic mass is 9.90. The molecule has 6 aliphatic rings. The highest BCUT2D eigenvalue weighted by Crippen LogP contribution is 2.37. The number of piperidine rings is 1. The molecule has 11 atom stereocenters. The van der Waals surface area contributed by atoms with Crippen molar-refractivity contribution in [3.8, 4) is 0 Å². The lowest BCUT2D eigenvalue weighted by Crippen LogP contribution is -2.65. The Kier molecular flexibility index (Phi) is 27.0. The summed E-state index contributed by atoms with van der Waals surface area (Å²) in [5.74, 6) is -11.0. The van der Waals surface area contributed by atoms with Crippen molar-refractivity contribution in [2.24, 2.45) is 23.7 Å². The molecule has 2 saturated carbocycles. The second-order valence-corrected chi connectivity index (χ2v) is 29.4. The van der Waals surface area contributed by atoms with Gasteiger partial charge >= 0.3 is 6.18 Å². The van der Waals surface area contributed by atoms with Crippen molar-refractivity contribution in [2.75, 3.05) is 75.0 Å². The maximum atomic E-state index is 15.5. The topological polar surface area (TPSA) is 270 Å². The number of carbonyl (C=O) groups excluding carboxylic acids is 12. The van der Waals surface area contributed by atoms with Crippen molar-refractivity contribution >= 4 is 70.9 Å². The lowest BCUT2D eigenvalue weighted by Gasteiger charge is -2.45. The number of halogens is 4. The van der Waals surface area contributed by atoms with E-state index in [-0.39, 0.29) is 75.4 Å². The molecule has 6 fully saturated rings. The van der Waals surface area contributed by atoms with Gasteiger partial charge in [-0.3, -0.25) is 57.5 Å². The number of likely N-dealkylation sites (tertiary alicyclic amines) is 1. The van der Waals surface area contributed by atoms with Gasteiger partial charge in [0.05, 0.1) is 18.5 Å². The molecule has 1 aromatic rings. The van der Waals surface area contributed by atoms with Crippen LogP contribution in [0.2, 0.25) is 0 Å². The molecule has 3 N–H and O–H groups in total. The number of carbonyl (C=O) groups is 12. The van der Waals surface area contributed by atoms with E-state index in [1.807, 2.05) is 27.7 Å². The maximum absolute atomic E-state index is 15.5. The Labute approximate surface area is 580 Å². The first-order valence-electron chi connectivity index (χ1n) is 35.9. The largest absolute Gasteiger partial charge is 0.419 e. The minimum Gasteiger partial charge on any atom is -0.343 e. The number of aryl methyl sites for hydroxylation is 1. The molecule has 1 aromatic carbocycles. The minimum absolute atomic E-state index is 0.00452. The monoisotopic (exact) mass is 1400 g/mol. The van der Waals surface area contributed by atoms with Crippen molar-refractivity contribution in [3.05, 3.63) is 35.1 Å². The van der Waals surface area contributed by atoms with E-state index >= 15 is 28.4 Å². The first-order chi connectivity index (χ1) is 46.6. The number of benzene rings is 1. The number of nitrogens with one attached hydrogen (secondary N) is 3. The quantitative estimate of drug-likeness (QED) is 0.244. The second kappa shape index (κ2) is 33.8. The summed E-state index contributed by atoms with van der Waals surface area (Å²) in [6.45, 7) is 12.6. The molecule has 1 spiro atoms. The summed E-state index contributed by atoms with van der Waals surface area (Å²) in [6, 6.07) is -8.83. The molecule has 12 amide bonds. The summed E-state index contributed by atoms with van der Waals surface area (Å²) in [5, 5.41) is 8.65. The van der Waals surface area contributed by atoms with Crippen molar-refractivity contribution in [3.63, 3.8) is 0 Å². The van der Waals surface area contributed by atoms with Gasteiger partial charge in [-0.15, -0.1) is 0 Å². The Morgan fingerprint density at radius 3 is 1.83 bits per heavy atom. The van der Waals surface area contributed by atoms with Crippen LogP contribution in [0.25, 0.3) is 0 Å². The van der Waals surface area contributed by atoms with E-state index in [0.29, 0.717) is 83.0 Å². The number of rotatable bonds is 11. The average Bonchev–Trinajstić information content (AvgIpc) is 1.71. The van der Waals surface area contributed by atoms with Gasteiger partial charge in [0.1, 0.15) is 65.7 Å². The molecule has 552 valence electrons. The van der Waals surface area contributed by atoms with Crippen molar-refractivity contribution < 1.29 is 75.1 Å². The van der Waals surface area contributed by atoms with Crippen LogP contribution in [0.1, 0.15) is 182 Å². The Morgan fingerprint density at radius 1 is 0.626 bits per heavy atom. The summed E-state index contributed by atoms with van der Waals surface area (Å²) in [5.41, 5.74) is -3.05. The number of nitrogens with zero attached hydrogens (tertiary/aromatic N) is 9. The Balaban J connectivity index is 1.29. The Bertz CT molecular complexity index is 3140. The van der Waals surface area contributed by atoms with E-state index in [0.717, 1.165) is 30.2 Å². The van der Waals surface area contributed by atoms with Crippen molar-refractivity contribution in [1.82, 2.24) is 60.0 Å². The third kappa shape index (κ3) is 18.0. The summed E-state index contributed by atoms with van der Waals surface area (Å²) in [7, 11) is 8.54. The van der Waals surface area contributed by atoms with Gasteiger partial charge in [-0.1, -0.05) is 86.1 Å². The van der Waals surface area contributed by atoms with E-state index in [1.54, 1.807) is 18.7 Å². The molecular weight excluding hydrogens is 1290 g/mol. The molecular formula is C71H108F4N12O12. The highest BCUT2D eigenvalue weighted by Gasteiger charge is 2.52. The molecule has 0 radical (unpaired) electrons. The SMILES string of the molecule is CC[C@H](C)[C@@H]1NC(=O)[C@H](CC(C)C)N(C)C(=O)C[C@@H](C(=O)N2CCCCC2)N(C)C(=O)[C@H]([C@@H](C)CC)N(C)C(=O)C2(CCCC2)NC(=O)[C@@H]2CCCN2C(=O)[C@H](CCc2ccc(C(F)(F)F)c(F)c2)NC(=O)CN(C)C(=O)[C@H](C2CCCC2)N(C)C(=O)[C@@H]2CCN2C(=O)[C@H](C)N(C)C1=O. The van der Waals surface area contributed by atoms with Crippen LogP contribution in [0, 0.1) is 29.5 Å². The highest BCUT2D eigenvalue weighted by molar-refractivity contribution is 6.01. The first-order valence-corrected chi connectivity index (χ1v) is 35.9. The normalized spacial score (nSPS) is 28.1. The number of likely N-dealkylation sites (N-methyl/N-ethyl adjacent to an activating group) is 6. The van der Waals surface area contributed by atoms with Crippen molar-refractivity contribution in [2.45, 2.75) is 243 Å². The smallest absolute Gasteiger partial charge is 0.343 e. The van der Waals surface area contributed by atoms with Gasteiger partial charge in [0, 0.05) is 68.5 Å². The van der Waals surface area contributed by atoms with Gasteiger partial charge in [0.15, 0.2) is 0 Å². The second-order valence-electron chi connectivity index (χ2n) is 29.4. The Morgan fingerprint density at radius 2 is 1.25 bits per heavy atom. The van der Waals surface area contributed by atoms with Gasteiger partial charge in [-0.25, -0.2) is 4.39 Å². The van der Waals surface area contributed by atoms with E-state index in [4.69, 9.17) is 0 Å². The summed E-state index contributed by atoms with van der Waals surface area (Å²) >= 11 is 0. The summed E-state index contributed by atoms with van der Waals surface area (Å²) < 4.78 is 56.2. The zero-order valence-electron chi connectivity index (χ0n) is 60.4. The molecule has 4 aliphatic heterocycles. The van der Waals surface area contributed by atoms with E-state index in [1.165, 1.54) is 83.5 Å². The van der Waals surface area contributed by atoms with Gasteiger partial charge in [0.25, 0.3) is 0 Å². The minimum atomic E-state index is -5.00. The highest BCUT2D eigenvalue weighted by atomic mass is 19.4. The van der Waals surface area contributed by atoms with Gasteiger partial charge < -0.3 is 60.0 Å². The van der Waals surface area contributed by atoms with Gasteiger partial charge in [-0.05, 0) is 132 Å². The van der Waals surface area contributed by atoms with Crippen LogP contribution < -0.4 is 16.0 Å². The standard InChI is InChI=1S/C71H108F4N12O12/c1-14-43(5)57-66(96)80(9)45(7)62(92)87-37-31-52(87)64(94)83(12)59(47-24-17-18-25-47)67(97)79(8)41-55(88)76-50(30-28-46-27-29-48(49(72)39-46)71(73,74)75)63(93)86-36-23-26-51(86)61(91)78-70(32-19-20-33-70)69(99)84(13)58(44(6)15-2)68(98)82(11)54(65(95)85-34-21-16-22-35-85)40-56(89)81(10)53(38-42(3)4)60(90)77-57/h27,29,39,42-45,47,50-54,57-59H,14-26,28,30-38,40-41H2,1-13H3,(H,76,88)(H,77,90)(H,78,91)/t43-,44-,45-,50-,51-,52-,53-,54-,57-,58-,59-/m0/s1. The van der Waals surface area contributed by atoms with Crippen LogP contribution in [-0.2, 0) is 70.1 Å². The lowest BCUT2D eigenvalue weighted by molar-refractivity contribution is -0.161. The molecule has 7 rings (SSSR count). The number of hydrogen-bond acceptors (Lipinski definition) is 12. The number of hydrogen-bond donors (Lipinski definition) is 3. The van der Waals surface area contributed by atoms with E-state index in [2.05, 4.69) is 16.0 Å². The fraction of sp³-hybridized carbons (Fsp3) is 0.746. The average molecular weight is 1400 g/mol. The molecule has 0 bridgehead atoms. The zero-order chi connectivity index (χ0) is 73.3. The fourth-order valence-electron chi connectivity index (χ4n) is 15.4. The molecule has 99 heavy (non-hydrogen) atoms. The van der Waals surface area contributed by atoms with E-state index < -0.39 is 173 Å². The molecule has 4 heterocycles. The number of alkyl halides is 3. The predicted octanol–water partition coefficient (Wildman–Crippen LogP) is 5.13. The van der Waals surface area contributed by atoms with Crippen LogP contribution in [0.15, 0.2) is 18.2 Å². The molecule has 28 heteroatoms. The van der Waals surface area contributed by atoms with Gasteiger partial charge in [-0.2, -0.15) is 13.2 Å². The molecule has 0 unspecified atom stereocenters. The number of fused-ring (bicyclic) bond motifs is 2. The maximum Gasteiger partial charge on any atom is 0.419 e. The first kappa shape index (κ1) is 78.9. The predicted molar refractivity (Wildman–Crippen MR) is 359 cm³/mol. The molecule has 24 nitrogen and oxygen atoms in total. The van der Waals surface area contributed by atoms with Crippen molar-refractivity contribution in [1.29, 1.82) is 0 Å². The van der Waals surface area contributed by atoms with Crippen LogP contribution in [0.5, 0.6) is 0 Å². The molecule has 0 aromatic heterocycles. The van der Waals surface area contributed by atoms with Crippen LogP contribution in [0.4, 0.5) is 17.6 Å². The number of amides is 12.